The Balaban J connectivity index is 0.764. The first-order valence-corrected chi connectivity index (χ1v) is 45.6. The predicted octanol–water partition coefficient (Wildman–Crippen LogP) is 13.5. The molecule has 1 spiro atoms. The summed E-state index contributed by atoms with van der Waals surface area (Å²) in [7, 11) is 0. The highest BCUT2D eigenvalue weighted by Gasteiger charge is 2.70. The van der Waals surface area contributed by atoms with Crippen LogP contribution in [0, 0.1) is 51.8 Å². The van der Waals surface area contributed by atoms with E-state index in [-0.39, 0.29) is 50.7 Å². The number of rotatable bonds is 24. The molecule has 7 aliphatic heterocycles. The Labute approximate surface area is 756 Å². The molecule has 0 unspecified atom stereocenters. The number of carbonyl (C=O) groups excluding carboxylic acids is 9. The summed E-state index contributed by atoms with van der Waals surface area (Å²) in [6.45, 7) is 23.6. The van der Waals surface area contributed by atoms with Gasteiger partial charge in [0.05, 0.1) is 64.3 Å². The van der Waals surface area contributed by atoms with Crippen molar-refractivity contribution in [3.05, 3.63) is 191 Å². The van der Waals surface area contributed by atoms with Gasteiger partial charge in [0.1, 0.15) is 49.8 Å². The van der Waals surface area contributed by atoms with Crippen LogP contribution in [-0.4, -0.2) is 220 Å². The predicted molar refractivity (Wildman–Crippen MR) is 457 cm³/mol. The summed E-state index contributed by atoms with van der Waals surface area (Å²) < 4.78 is 141. The summed E-state index contributed by atoms with van der Waals surface area (Å²) >= 11 is 0. The molecule has 0 radical (unpaired) electrons. The summed E-state index contributed by atoms with van der Waals surface area (Å²) in [5.41, 5.74) is 0.175. The number of hydrogen-bond donors (Lipinski definition) is 0. The van der Waals surface area contributed by atoms with Crippen molar-refractivity contribution >= 4 is 53.7 Å². The molecule has 0 amide bonds. The van der Waals surface area contributed by atoms with Crippen LogP contribution in [0.1, 0.15) is 207 Å². The fourth-order valence-electron chi connectivity index (χ4n) is 22.0. The monoisotopic (exact) mass is 1800 g/mol. The molecule has 4 aliphatic carbocycles. The molecule has 30 nitrogen and oxygen atoms in total. The smallest absolute Gasteiger partial charge is 0.338 e. The Morgan fingerprint density at radius 1 is 0.423 bits per heavy atom. The van der Waals surface area contributed by atoms with E-state index >= 15 is 4.79 Å². The molecule has 3 saturated carbocycles. The van der Waals surface area contributed by atoms with Crippen molar-refractivity contribution in [1.29, 1.82) is 0 Å². The van der Waals surface area contributed by atoms with E-state index in [1.54, 1.807) is 152 Å². The highest BCUT2D eigenvalue weighted by atomic mass is 16.8. The highest BCUT2D eigenvalue weighted by molar-refractivity contribution is 5.92. The van der Waals surface area contributed by atoms with Gasteiger partial charge in [-0.1, -0.05) is 130 Å². The van der Waals surface area contributed by atoms with E-state index in [0.717, 1.165) is 59.3 Å². The molecule has 5 aromatic rings. The first-order valence-electron chi connectivity index (χ1n) is 45.6. The summed E-state index contributed by atoms with van der Waals surface area (Å²) in [6.07, 6.45) is -22.8. The van der Waals surface area contributed by atoms with E-state index in [0.29, 0.717) is 55.5 Å². The van der Waals surface area contributed by atoms with Crippen LogP contribution in [0.15, 0.2) is 163 Å². The molecular weight excluding hydrogens is 1680 g/mol. The third kappa shape index (κ3) is 19.7. The van der Waals surface area contributed by atoms with Gasteiger partial charge in [-0.15, -0.1) is 0 Å². The molecule has 0 aromatic heterocycles. The van der Waals surface area contributed by atoms with Crippen LogP contribution in [0.25, 0.3) is 0 Å². The summed E-state index contributed by atoms with van der Waals surface area (Å²) in [4.78, 5) is 128. The molecule has 31 atom stereocenters. The Morgan fingerprint density at radius 2 is 0.869 bits per heavy atom. The van der Waals surface area contributed by atoms with Gasteiger partial charge in [-0.3, -0.25) is 19.2 Å². The van der Waals surface area contributed by atoms with Crippen LogP contribution in [0.3, 0.4) is 0 Å². The Kier molecular flexibility index (Phi) is 27.9. The van der Waals surface area contributed by atoms with Gasteiger partial charge in [0.2, 0.25) is 0 Å². The third-order valence-electron chi connectivity index (χ3n) is 28.3. The zero-order chi connectivity index (χ0) is 92.0. The first kappa shape index (κ1) is 93.8. The van der Waals surface area contributed by atoms with Crippen LogP contribution in [0.2, 0.25) is 0 Å². The van der Waals surface area contributed by atoms with Crippen LogP contribution in [0.5, 0.6) is 0 Å². The lowest BCUT2D eigenvalue weighted by Crippen LogP contribution is -2.68. The van der Waals surface area contributed by atoms with Crippen LogP contribution in [-0.2, 0) is 119 Å². The number of benzene rings is 5. The lowest BCUT2D eigenvalue weighted by atomic mass is 9.47. The minimum Gasteiger partial charge on any atom is -0.459 e. The van der Waals surface area contributed by atoms with E-state index < -0.39 is 213 Å². The van der Waals surface area contributed by atoms with Crippen LogP contribution in [0.4, 0.5) is 0 Å². The maximum Gasteiger partial charge on any atom is 0.338 e. The zero-order valence-electron chi connectivity index (χ0n) is 75.9. The lowest BCUT2D eigenvalue weighted by molar-refractivity contribution is -0.390. The van der Waals surface area contributed by atoms with Crippen molar-refractivity contribution in [2.24, 2.45) is 51.8 Å². The second-order valence-corrected chi connectivity index (χ2v) is 38.6. The summed E-state index contributed by atoms with van der Waals surface area (Å²) in [5, 5.41) is 0. The fourth-order valence-corrected chi connectivity index (χ4v) is 22.0. The topological polar surface area (TPSA) is 347 Å². The molecule has 10 fully saturated rings. The zero-order valence-corrected chi connectivity index (χ0v) is 75.9. The molecule has 11 aliphatic rings. The molecule has 16 rings (SSSR count). The van der Waals surface area contributed by atoms with Crippen molar-refractivity contribution in [2.45, 2.75) is 301 Å². The molecular formula is C100H120O30. The molecule has 700 valence electrons. The molecule has 0 N–H and O–H groups in total. The number of allylic oxidation sites excluding steroid dienone is 1. The average molecular weight is 1800 g/mol. The van der Waals surface area contributed by atoms with E-state index in [1.807, 2.05) is 0 Å². The van der Waals surface area contributed by atoms with E-state index in [9.17, 15) is 38.4 Å². The summed E-state index contributed by atoms with van der Waals surface area (Å²) in [5.74, 6) is -7.65. The van der Waals surface area contributed by atoms with Gasteiger partial charge in [-0.25, -0.2) is 24.0 Å². The largest absolute Gasteiger partial charge is 0.459 e. The average Bonchev–Trinajstić information content (AvgIpc) is 1.52. The third-order valence-corrected chi connectivity index (χ3v) is 28.3. The van der Waals surface area contributed by atoms with Crippen molar-refractivity contribution in [1.82, 2.24) is 0 Å². The van der Waals surface area contributed by atoms with Gasteiger partial charge in [0.15, 0.2) is 85.6 Å². The quantitative estimate of drug-likeness (QED) is 0.0314. The molecule has 5 aromatic carbocycles. The van der Waals surface area contributed by atoms with E-state index in [1.165, 1.54) is 54.1 Å². The van der Waals surface area contributed by atoms with Gasteiger partial charge in [0.25, 0.3) is 0 Å². The Bertz CT molecular complexity index is 4880. The lowest BCUT2D eigenvalue weighted by Gasteiger charge is -2.59. The van der Waals surface area contributed by atoms with E-state index in [2.05, 4.69) is 33.8 Å². The van der Waals surface area contributed by atoms with Gasteiger partial charge in [-0.2, -0.15) is 0 Å². The minimum absolute atomic E-state index is 0.0363. The van der Waals surface area contributed by atoms with Crippen molar-refractivity contribution in [3.63, 3.8) is 0 Å². The maximum absolute atomic E-state index is 15.4. The number of esters is 9. The Morgan fingerprint density at radius 3 is 1.41 bits per heavy atom. The normalized spacial score (nSPS) is 37.6. The van der Waals surface area contributed by atoms with Gasteiger partial charge >= 0.3 is 53.7 Å². The van der Waals surface area contributed by atoms with Gasteiger partial charge in [-0.05, 0) is 201 Å². The number of hydrogen-bond acceptors (Lipinski definition) is 30. The Hall–Kier alpha value is -9.41. The second kappa shape index (κ2) is 38.7. The number of carbonyl (C=O) groups is 9. The van der Waals surface area contributed by atoms with Crippen molar-refractivity contribution in [2.75, 3.05) is 19.8 Å². The maximum atomic E-state index is 15.4. The molecule has 7 heterocycles. The molecule has 130 heavy (non-hydrogen) atoms. The first-order chi connectivity index (χ1) is 62.0. The molecule has 0 bridgehead atoms. The highest BCUT2D eigenvalue weighted by Crippen LogP contribution is 2.71. The van der Waals surface area contributed by atoms with Crippen molar-refractivity contribution in [3.8, 4) is 0 Å². The van der Waals surface area contributed by atoms with Crippen molar-refractivity contribution < 1.29 is 143 Å². The van der Waals surface area contributed by atoms with Crippen LogP contribution < -0.4 is 0 Å². The molecule has 30 heteroatoms. The van der Waals surface area contributed by atoms with Gasteiger partial charge in [0, 0.05) is 33.1 Å². The number of ether oxygens (including phenoxy) is 21. The SMILES string of the molecule is CC(=O)O[C@@H]1[C@@H](OC(C)=O)[C@H](C)O[C@@H](O[C@H]2[C@H](O[C@H]3CC[C@@]4(C)C(=CC[C@H]5[C@@H]6C[C@@H]7O[C@]8(CC[C@@H](C)CO8)[C@@H](C)[C@@H]7[C@@]6(C)CC[C@@H]54)C3)O[C@H](COC(=O)c3ccccc3)[C@@H](O[C@@H]3O[C@@H](C)[C@H](O[C@@H]4O[C@H](COC(=O)c5ccccc5)[C@@H](OC(=O)c5ccccc5)[C@H](OC(=O)c5ccccc5)[C@H]4OC(=O)c4ccccc4)[C@H]4OC(C)(C)O[C@@H]34)[C@@H]2OC(=O)C(C)(C)C)[C@@H]1OC(C)=O. The van der Waals surface area contributed by atoms with Gasteiger partial charge < -0.3 is 99.5 Å². The molecule has 7 saturated heterocycles. The minimum atomic E-state index is -1.90. The second-order valence-electron chi connectivity index (χ2n) is 38.6. The van der Waals surface area contributed by atoms with E-state index in [4.69, 9.17) is 99.5 Å². The fraction of sp³-hybridized carbons (Fsp3) is 0.590. The van der Waals surface area contributed by atoms with Crippen LogP contribution >= 0.6 is 0 Å². The standard InChI is InChI=1S/C100H120O30/c1-53-42-47-100(112-50-53)54(2)73-70(128-100)49-69-67-41-40-65-48-66(43-45-98(65,13)68(67)44-46-99(69,73)14)118-92-84(126-91-82(117-59(7)103)78(116-58(6)102)74(55(3)113-91)115-57(5)101)80(127-95(109)96(8,9)10)77(72(119-92)52-111-87(105)61-32-22-16-23-33-61)125-94-85-81(129-97(11,12)130-85)75(56(4)114-94)124-93-83(123-90(108)64-38-28-19-29-39-64)79(122-89(107)63-36-26-18-27-37-63)76(121-88(106)62-34-24-17-25-35-62)71(120-93)51-110-86(104)60-30-20-15-21-31-60/h15-40,53-56,66-85,91-94H,41-52H2,1-14H3/t53-,54+,55+,56+,66+,67-,68+,69+,70+,71-,72-,73+,74+,75+,76-,77-,78-,79+,80+,81-,82-,83-,84-,85-,91+,92-,93+,94+,98+,99+,100-/m1/s1. The summed E-state index contributed by atoms with van der Waals surface area (Å²) in [6, 6.07) is 40.0. The number of fused-ring (bicyclic) bond motifs is 8.